The molecule has 0 atom stereocenters. The number of rotatable bonds is 2. The number of aromatic nitrogens is 2. The van der Waals surface area contributed by atoms with Crippen molar-refractivity contribution in [2.75, 3.05) is 25.5 Å². The van der Waals surface area contributed by atoms with E-state index in [1.165, 1.54) is 28.3 Å². The van der Waals surface area contributed by atoms with E-state index in [1.807, 2.05) is 6.33 Å². The maximum absolute atomic E-state index is 4.52. The van der Waals surface area contributed by atoms with Gasteiger partial charge in [0.25, 0.3) is 0 Å². The summed E-state index contributed by atoms with van der Waals surface area (Å²) >= 11 is 0. The smallest absolute Gasteiger partial charge is 0.0998 e. The van der Waals surface area contributed by atoms with Crippen LogP contribution in [0.15, 0.2) is 24.5 Å². The van der Waals surface area contributed by atoms with E-state index in [-0.39, 0.29) is 0 Å². The van der Waals surface area contributed by atoms with Gasteiger partial charge in [-0.1, -0.05) is 6.07 Å². The Morgan fingerprint density at radius 1 is 1.32 bits per heavy atom. The summed E-state index contributed by atoms with van der Waals surface area (Å²) in [7, 11) is 4.17. The lowest BCUT2D eigenvalue weighted by Crippen LogP contribution is -2.24. The van der Waals surface area contributed by atoms with Gasteiger partial charge in [0, 0.05) is 50.7 Å². The van der Waals surface area contributed by atoms with Gasteiger partial charge in [0.2, 0.25) is 0 Å². The number of anilines is 1. The summed E-state index contributed by atoms with van der Waals surface area (Å²) in [5.41, 5.74) is 6.27. The van der Waals surface area contributed by atoms with Crippen LogP contribution in [0.1, 0.15) is 17.0 Å². The van der Waals surface area contributed by atoms with Crippen molar-refractivity contribution in [1.29, 1.82) is 0 Å². The van der Waals surface area contributed by atoms with E-state index in [4.69, 9.17) is 0 Å². The number of hydrogen-bond acceptors (Lipinski definition) is 3. The Morgan fingerprint density at radius 3 is 2.95 bits per heavy atom. The van der Waals surface area contributed by atoms with E-state index >= 15 is 0 Å². The zero-order valence-electron chi connectivity index (χ0n) is 11.8. The molecule has 4 nitrogen and oxygen atoms in total. The molecule has 0 fully saturated rings. The van der Waals surface area contributed by atoms with Gasteiger partial charge in [0.05, 0.1) is 12.0 Å². The average Bonchev–Trinajstić information content (AvgIpc) is 2.83. The largest absolute Gasteiger partial charge is 0.377 e. The number of imidazole rings is 1. The van der Waals surface area contributed by atoms with E-state index in [0.29, 0.717) is 0 Å². The first-order valence-electron chi connectivity index (χ1n) is 6.71. The normalized spacial score (nSPS) is 14.3. The first-order chi connectivity index (χ1) is 9.16. The van der Waals surface area contributed by atoms with Crippen LogP contribution in [0.4, 0.5) is 5.69 Å². The van der Waals surface area contributed by atoms with Crippen LogP contribution in [-0.4, -0.2) is 30.2 Å². The molecule has 1 aliphatic rings. The number of aryl methyl sites for hydroxylation is 1. The molecular formula is C15H20N4. The highest BCUT2D eigenvalue weighted by Crippen LogP contribution is 2.24. The monoisotopic (exact) mass is 256 g/mol. The number of nitrogens with zero attached hydrogens (tertiary/aromatic N) is 3. The SMILES string of the molecule is Cc1ccc(-n2cnc3c2CCNC3)cc1N(C)C. The van der Waals surface area contributed by atoms with Crippen molar-refractivity contribution in [2.45, 2.75) is 19.9 Å². The molecule has 4 heteroatoms. The second-order valence-corrected chi connectivity index (χ2v) is 5.30. The molecule has 19 heavy (non-hydrogen) atoms. The fraction of sp³-hybridized carbons (Fsp3) is 0.400. The Morgan fingerprint density at radius 2 is 2.16 bits per heavy atom. The van der Waals surface area contributed by atoms with Crippen molar-refractivity contribution in [3.05, 3.63) is 41.5 Å². The number of nitrogens with one attached hydrogen (secondary N) is 1. The maximum atomic E-state index is 4.52. The molecule has 1 aromatic heterocycles. The zero-order valence-corrected chi connectivity index (χ0v) is 11.8. The summed E-state index contributed by atoms with van der Waals surface area (Å²) in [5, 5.41) is 3.36. The summed E-state index contributed by atoms with van der Waals surface area (Å²) in [5.74, 6) is 0. The van der Waals surface area contributed by atoms with Gasteiger partial charge in [0.1, 0.15) is 0 Å². The third kappa shape index (κ3) is 2.12. The van der Waals surface area contributed by atoms with E-state index < -0.39 is 0 Å². The molecule has 0 radical (unpaired) electrons. The number of benzene rings is 1. The first-order valence-corrected chi connectivity index (χ1v) is 6.71. The third-order valence-electron chi connectivity index (χ3n) is 3.74. The van der Waals surface area contributed by atoms with Crippen molar-refractivity contribution in [2.24, 2.45) is 0 Å². The molecule has 1 N–H and O–H groups in total. The Hall–Kier alpha value is -1.81. The zero-order chi connectivity index (χ0) is 13.4. The highest BCUT2D eigenvalue weighted by molar-refractivity contribution is 5.58. The van der Waals surface area contributed by atoms with Crippen LogP contribution < -0.4 is 10.2 Å². The van der Waals surface area contributed by atoms with Gasteiger partial charge >= 0.3 is 0 Å². The van der Waals surface area contributed by atoms with Gasteiger partial charge in [-0.2, -0.15) is 0 Å². The van der Waals surface area contributed by atoms with E-state index in [9.17, 15) is 0 Å². The highest BCUT2D eigenvalue weighted by Gasteiger charge is 2.16. The van der Waals surface area contributed by atoms with Crippen molar-refractivity contribution >= 4 is 5.69 Å². The van der Waals surface area contributed by atoms with Crippen LogP contribution in [0.5, 0.6) is 0 Å². The van der Waals surface area contributed by atoms with E-state index in [2.05, 4.69) is 59.0 Å². The standard InChI is InChI=1S/C15H20N4/c1-11-4-5-12(8-15(11)18(2)3)19-10-17-13-9-16-7-6-14(13)19/h4-5,8,10,16H,6-7,9H2,1-3H3. The average molecular weight is 256 g/mol. The van der Waals surface area contributed by atoms with Crippen LogP contribution in [0.3, 0.4) is 0 Å². The van der Waals surface area contributed by atoms with E-state index in [1.54, 1.807) is 0 Å². The van der Waals surface area contributed by atoms with E-state index in [0.717, 1.165) is 19.5 Å². The summed E-state index contributed by atoms with van der Waals surface area (Å²) in [6.45, 7) is 4.06. The molecule has 1 aromatic carbocycles. The van der Waals surface area contributed by atoms with Crippen molar-refractivity contribution in [3.8, 4) is 5.69 Å². The third-order valence-corrected chi connectivity index (χ3v) is 3.74. The van der Waals surface area contributed by atoms with Crippen molar-refractivity contribution in [3.63, 3.8) is 0 Å². The van der Waals surface area contributed by atoms with Crippen LogP contribution in [0.25, 0.3) is 5.69 Å². The fourth-order valence-corrected chi connectivity index (χ4v) is 2.69. The van der Waals surface area contributed by atoms with Gasteiger partial charge in [-0.25, -0.2) is 4.98 Å². The molecule has 0 bridgehead atoms. The quantitative estimate of drug-likeness (QED) is 0.891. The fourth-order valence-electron chi connectivity index (χ4n) is 2.69. The molecule has 0 aliphatic carbocycles. The number of hydrogen-bond donors (Lipinski definition) is 1. The summed E-state index contributed by atoms with van der Waals surface area (Å²) < 4.78 is 2.22. The minimum absolute atomic E-state index is 0.884. The summed E-state index contributed by atoms with van der Waals surface area (Å²) in [6, 6.07) is 6.59. The maximum Gasteiger partial charge on any atom is 0.0998 e. The van der Waals surface area contributed by atoms with Crippen LogP contribution in [0, 0.1) is 6.92 Å². The van der Waals surface area contributed by atoms with Gasteiger partial charge in [-0.3, -0.25) is 0 Å². The van der Waals surface area contributed by atoms with Gasteiger partial charge in [-0.05, 0) is 24.6 Å². The second kappa shape index (κ2) is 4.70. The Bertz CT molecular complexity index is 598. The summed E-state index contributed by atoms with van der Waals surface area (Å²) in [4.78, 5) is 6.67. The second-order valence-electron chi connectivity index (χ2n) is 5.30. The molecule has 100 valence electrons. The minimum atomic E-state index is 0.884. The molecule has 0 saturated heterocycles. The predicted molar refractivity (Wildman–Crippen MR) is 78.0 cm³/mol. The summed E-state index contributed by atoms with van der Waals surface area (Å²) in [6.07, 6.45) is 2.99. The molecular weight excluding hydrogens is 236 g/mol. The Kier molecular flexibility index (Phi) is 3.03. The Labute approximate surface area is 114 Å². The lowest BCUT2D eigenvalue weighted by Gasteiger charge is -2.19. The van der Waals surface area contributed by atoms with Crippen molar-refractivity contribution < 1.29 is 0 Å². The highest BCUT2D eigenvalue weighted by atomic mass is 15.1. The van der Waals surface area contributed by atoms with Gasteiger partial charge in [-0.15, -0.1) is 0 Å². The number of fused-ring (bicyclic) bond motifs is 1. The molecule has 2 heterocycles. The van der Waals surface area contributed by atoms with Crippen molar-refractivity contribution in [1.82, 2.24) is 14.9 Å². The van der Waals surface area contributed by atoms with Crippen LogP contribution >= 0.6 is 0 Å². The molecule has 0 saturated carbocycles. The molecule has 3 rings (SSSR count). The predicted octanol–water partition coefficient (Wildman–Crippen LogP) is 1.89. The molecule has 0 spiro atoms. The van der Waals surface area contributed by atoms with Gasteiger partial charge < -0.3 is 14.8 Å². The van der Waals surface area contributed by atoms with Crippen LogP contribution in [-0.2, 0) is 13.0 Å². The molecule has 0 unspecified atom stereocenters. The van der Waals surface area contributed by atoms with Crippen LogP contribution in [0.2, 0.25) is 0 Å². The van der Waals surface area contributed by atoms with Gasteiger partial charge in [0.15, 0.2) is 0 Å². The minimum Gasteiger partial charge on any atom is -0.377 e. The topological polar surface area (TPSA) is 33.1 Å². The molecule has 0 amide bonds. The molecule has 1 aliphatic heterocycles. The lowest BCUT2D eigenvalue weighted by atomic mass is 10.1. The molecule has 2 aromatic rings. The lowest BCUT2D eigenvalue weighted by molar-refractivity contribution is 0.620. The Balaban J connectivity index is 2.07. The first kappa shape index (κ1) is 12.2.